The quantitative estimate of drug-likeness (QED) is 0.918. The summed E-state index contributed by atoms with van der Waals surface area (Å²) in [6.45, 7) is 1.19. The number of nitrogens with zero attached hydrogens (tertiary/aromatic N) is 4. The molecule has 0 spiro atoms. The smallest absolute Gasteiger partial charge is 0.291 e. The average Bonchev–Trinajstić information content (AvgIpc) is 2.81. The Morgan fingerprint density at radius 2 is 2.19 bits per heavy atom. The Hall–Kier alpha value is -1.82. The second kappa shape index (κ2) is 5.89. The Labute approximate surface area is 127 Å². The summed E-state index contributed by atoms with van der Waals surface area (Å²) in [5.74, 6) is 0.572. The van der Waals surface area contributed by atoms with Gasteiger partial charge in [-0.1, -0.05) is 18.0 Å². The zero-order chi connectivity index (χ0) is 14.8. The largest absolute Gasteiger partial charge is 0.375 e. The van der Waals surface area contributed by atoms with Crippen molar-refractivity contribution in [3.05, 3.63) is 39.5 Å². The standard InChI is InChI=1S/C14H18ClN5O/c1-19-8-11(6-17-19)5-16-13-12(15)7-18-20(14(13)21)9-10-3-2-4-10/h6-8,10,16H,2-5,9H2,1H3. The minimum absolute atomic E-state index is 0.154. The van der Waals surface area contributed by atoms with Crippen molar-refractivity contribution in [2.75, 3.05) is 5.32 Å². The van der Waals surface area contributed by atoms with Gasteiger partial charge in [-0.05, 0) is 18.8 Å². The average molecular weight is 308 g/mol. The van der Waals surface area contributed by atoms with Crippen molar-refractivity contribution in [3.8, 4) is 0 Å². The fraction of sp³-hybridized carbons (Fsp3) is 0.500. The minimum Gasteiger partial charge on any atom is -0.375 e. The number of aromatic nitrogens is 4. The highest BCUT2D eigenvalue weighted by atomic mass is 35.5. The van der Waals surface area contributed by atoms with Crippen LogP contribution in [-0.2, 0) is 20.1 Å². The first kappa shape index (κ1) is 14.1. The first-order valence-electron chi connectivity index (χ1n) is 7.10. The van der Waals surface area contributed by atoms with Crippen molar-refractivity contribution in [1.82, 2.24) is 19.6 Å². The van der Waals surface area contributed by atoms with Crippen LogP contribution in [-0.4, -0.2) is 19.6 Å². The topological polar surface area (TPSA) is 64.7 Å². The second-order valence-corrected chi connectivity index (χ2v) is 5.93. The van der Waals surface area contributed by atoms with Gasteiger partial charge in [-0.2, -0.15) is 10.2 Å². The molecule has 3 rings (SSSR count). The van der Waals surface area contributed by atoms with Gasteiger partial charge in [0, 0.05) is 31.9 Å². The molecule has 0 unspecified atom stereocenters. The lowest BCUT2D eigenvalue weighted by Crippen LogP contribution is -2.30. The molecule has 2 heterocycles. The summed E-state index contributed by atoms with van der Waals surface area (Å²) >= 11 is 6.10. The van der Waals surface area contributed by atoms with E-state index in [9.17, 15) is 4.79 Å². The van der Waals surface area contributed by atoms with E-state index in [0.717, 1.165) is 5.56 Å². The highest BCUT2D eigenvalue weighted by Gasteiger charge is 2.20. The van der Waals surface area contributed by atoms with Crippen molar-refractivity contribution in [1.29, 1.82) is 0 Å². The molecule has 1 fully saturated rings. The van der Waals surface area contributed by atoms with Crippen molar-refractivity contribution >= 4 is 17.3 Å². The Bertz CT molecular complexity index is 689. The number of aryl methyl sites for hydroxylation is 1. The lowest BCUT2D eigenvalue weighted by Gasteiger charge is -2.25. The van der Waals surface area contributed by atoms with Crippen LogP contribution in [0.5, 0.6) is 0 Å². The maximum Gasteiger partial charge on any atom is 0.291 e. The molecule has 0 radical (unpaired) electrons. The first-order chi connectivity index (χ1) is 10.1. The molecule has 7 heteroatoms. The summed E-state index contributed by atoms with van der Waals surface area (Å²) in [6, 6.07) is 0. The van der Waals surface area contributed by atoms with Crippen LogP contribution < -0.4 is 10.9 Å². The van der Waals surface area contributed by atoms with Gasteiger partial charge in [0.05, 0.1) is 17.4 Å². The number of rotatable bonds is 5. The number of hydrogen-bond acceptors (Lipinski definition) is 4. The Balaban J connectivity index is 1.76. The zero-order valence-electron chi connectivity index (χ0n) is 11.9. The molecule has 2 aromatic rings. The number of nitrogens with one attached hydrogen (secondary N) is 1. The van der Waals surface area contributed by atoms with E-state index in [-0.39, 0.29) is 5.56 Å². The molecule has 112 valence electrons. The van der Waals surface area contributed by atoms with Crippen LogP contribution in [0, 0.1) is 5.92 Å². The van der Waals surface area contributed by atoms with Crippen LogP contribution in [0.3, 0.4) is 0 Å². The molecule has 2 aromatic heterocycles. The molecule has 1 saturated carbocycles. The molecular formula is C14H18ClN5O. The van der Waals surface area contributed by atoms with Crippen molar-refractivity contribution in [2.24, 2.45) is 13.0 Å². The number of anilines is 1. The molecule has 0 aromatic carbocycles. The zero-order valence-corrected chi connectivity index (χ0v) is 12.7. The normalized spacial score (nSPS) is 15.0. The van der Waals surface area contributed by atoms with Gasteiger partial charge in [0.2, 0.25) is 0 Å². The summed E-state index contributed by atoms with van der Waals surface area (Å²) in [5.41, 5.74) is 1.25. The second-order valence-electron chi connectivity index (χ2n) is 5.53. The van der Waals surface area contributed by atoms with E-state index >= 15 is 0 Å². The van der Waals surface area contributed by atoms with Gasteiger partial charge in [-0.25, -0.2) is 4.68 Å². The molecule has 6 nitrogen and oxygen atoms in total. The monoisotopic (exact) mass is 307 g/mol. The van der Waals surface area contributed by atoms with Gasteiger partial charge in [-0.15, -0.1) is 0 Å². The number of halogens is 1. The van der Waals surface area contributed by atoms with Crippen LogP contribution in [0.25, 0.3) is 0 Å². The molecule has 21 heavy (non-hydrogen) atoms. The fourth-order valence-electron chi connectivity index (χ4n) is 2.43. The van der Waals surface area contributed by atoms with E-state index in [0.29, 0.717) is 29.7 Å². The molecule has 0 saturated heterocycles. The van der Waals surface area contributed by atoms with Gasteiger partial charge in [-0.3, -0.25) is 9.48 Å². The Kier molecular flexibility index (Phi) is 3.96. The van der Waals surface area contributed by atoms with Gasteiger partial charge in [0.15, 0.2) is 0 Å². The van der Waals surface area contributed by atoms with Crippen LogP contribution in [0.4, 0.5) is 5.69 Å². The molecule has 1 aliphatic carbocycles. The van der Waals surface area contributed by atoms with Crippen molar-refractivity contribution in [3.63, 3.8) is 0 Å². The molecule has 0 bridgehead atoms. The van der Waals surface area contributed by atoms with Crippen LogP contribution in [0.2, 0.25) is 5.02 Å². The van der Waals surface area contributed by atoms with Crippen molar-refractivity contribution in [2.45, 2.75) is 32.4 Å². The summed E-state index contributed by atoms with van der Waals surface area (Å²) in [4.78, 5) is 12.4. The third-order valence-corrected chi connectivity index (χ3v) is 4.17. The van der Waals surface area contributed by atoms with Gasteiger partial charge in [0.1, 0.15) is 5.69 Å². The van der Waals surface area contributed by atoms with Gasteiger partial charge < -0.3 is 5.32 Å². The molecular weight excluding hydrogens is 290 g/mol. The maximum atomic E-state index is 12.4. The highest BCUT2D eigenvalue weighted by molar-refractivity contribution is 6.32. The Morgan fingerprint density at radius 1 is 1.38 bits per heavy atom. The molecule has 0 amide bonds. The molecule has 1 N–H and O–H groups in total. The summed E-state index contributed by atoms with van der Waals surface area (Å²) in [7, 11) is 1.86. The van der Waals surface area contributed by atoms with Crippen molar-refractivity contribution < 1.29 is 0 Å². The fourth-order valence-corrected chi connectivity index (χ4v) is 2.62. The summed E-state index contributed by atoms with van der Waals surface area (Å²) < 4.78 is 3.24. The first-order valence-corrected chi connectivity index (χ1v) is 7.48. The predicted molar refractivity (Wildman–Crippen MR) is 81.4 cm³/mol. The minimum atomic E-state index is -0.154. The third-order valence-electron chi connectivity index (χ3n) is 3.88. The Morgan fingerprint density at radius 3 is 2.81 bits per heavy atom. The predicted octanol–water partition coefficient (Wildman–Crippen LogP) is 2.04. The van der Waals surface area contributed by atoms with Crippen LogP contribution in [0.1, 0.15) is 24.8 Å². The summed E-state index contributed by atoms with van der Waals surface area (Å²) in [5, 5.41) is 11.7. The highest BCUT2D eigenvalue weighted by Crippen LogP contribution is 2.27. The lowest BCUT2D eigenvalue weighted by molar-refractivity contribution is 0.262. The SMILES string of the molecule is Cn1cc(CNc2c(Cl)cnn(CC3CCC3)c2=O)cn1. The van der Waals surface area contributed by atoms with Crippen LogP contribution in [0.15, 0.2) is 23.4 Å². The lowest BCUT2D eigenvalue weighted by atomic mass is 9.85. The molecule has 1 aliphatic rings. The van der Waals surface area contributed by atoms with E-state index in [1.54, 1.807) is 10.9 Å². The van der Waals surface area contributed by atoms with E-state index in [1.807, 2.05) is 13.2 Å². The molecule has 0 aliphatic heterocycles. The summed E-state index contributed by atoms with van der Waals surface area (Å²) in [6.07, 6.45) is 8.79. The van der Waals surface area contributed by atoms with E-state index in [1.165, 1.54) is 30.1 Å². The third kappa shape index (κ3) is 3.10. The van der Waals surface area contributed by atoms with Gasteiger partial charge >= 0.3 is 0 Å². The van der Waals surface area contributed by atoms with Gasteiger partial charge in [0.25, 0.3) is 5.56 Å². The van der Waals surface area contributed by atoms with Crippen LogP contribution >= 0.6 is 11.6 Å². The van der Waals surface area contributed by atoms with E-state index in [2.05, 4.69) is 15.5 Å². The number of hydrogen-bond donors (Lipinski definition) is 1. The van der Waals surface area contributed by atoms with E-state index in [4.69, 9.17) is 11.6 Å². The molecule has 0 atom stereocenters. The maximum absolute atomic E-state index is 12.4. The van der Waals surface area contributed by atoms with E-state index < -0.39 is 0 Å².